The Kier molecular flexibility index (Phi) is 9.42. The lowest BCUT2D eigenvalue weighted by atomic mass is 10.1. The first-order valence-electron chi connectivity index (χ1n) is 14.5. The van der Waals surface area contributed by atoms with Crippen LogP contribution in [0.15, 0.2) is 42.2 Å². The normalized spacial score (nSPS) is 19.2. The molecule has 2 aromatic carbocycles. The van der Waals surface area contributed by atoms with Gasteiger partial charge in [0.2, 0.25) is 0 Å². The van der Waals surface area contributed by atoms with Crippen LogP contribution in [0.25, 0.3) is 23.1 Å². The number of anilines is 1. The number of hydrogen-bond donors (Lipinski definition) is 2. The third-order valence-electron chi connectivity index (χ3n) is 7.83. The number of aryl methyl sites for hydroxylation is 1. The van der Waals surface area contributed by atoms with E-state index in [2.05, 4.69) is 34.1 Å². The molecule has 2 fully saturated rings. The highest BCUT2D eigenvalue weighted by molar-refractivity contribution is 6.33. The molecule has 9 heteroatoms. The van der Waals surface area contributed by atoms with Crippen LogP contribution in [0.5, 0.6) is 6.01 Å². The number of nitrogens with one attached hydrogen (secondary N) is 1. The Balaban J connectivity index is 1.47. The maximum Gasteiger partial charge on any atom is 0.319 e. The minimum absolute atomic E-state index is 0.00778. The van der Waals surface area contributed by atoms with Gasteiger partial charge in [-0.15, -0.1) is 0 Å². The van der Waals surface area contributed by atoms with Crippen molar-refractivity contribution in [2.75, 3.05) is 44.7 Å². The number of hydrogen-bond acceptors (Lipinski definition) is 7. The van der Waals surface area contributed by atoms with Crippen LogP contribution in [0.2, 0.25) is 5.02 Å². The number of aliphatic hydroxyl groups excluding tert-OH is 1. The molecule has 0 aliphatic carbocycles. The second kappa shape index (κ2) is 13.2. The van der Waals surface area contributed by atoms with Crippen molar-refractivity contribution in [3.8, 4) is 6.01 Å². The van der Waals surface area contributed by atoms with E-state index >= 15 is 4.39 Å². The van der Waals surface area contributed by atoms with Crippen LogP contribution in [0.1, 0.15) is 49.3 Å². The fourth-order valence-corrected chi connectivity index (χ4v) is 5.97. The van der Waals surface area contributed by atoms with Gasteiger partial charge >= 0.3 is 6.01 Å². The number of ether oxygens (including phenoxy) is 1. The van der Waals surface area contributed by atoms with Gasteiger partial charge < -0.3 is 25.0 Å². The summed E-state index contributed by atoms with van der Waals surface area (Å²) in [6.45, 7) is 8.04. The number of nitrogens with zero attached hydrogens (tertiary/aromatic N) is 4. The largest absolute Gasteiger partial charge is 0.508 e. The first kappa shape index (κ1) is 29.3. The minimum atomic E-state index is -0.568. The third-order valence-corrected chi connectivity index (χ3v) is 8.14. The molecule has 3 heterocycles. The molecule has 2 aliphatic rings. The molecule has 2 aliphatic heterocycles. The average Bonchev–Trinajstić information content (AvgIpc) is 3.29. The van der Waals surface area contributed by atoms with Gasteiger partial charge in [0.05, 0.1) is 11.6 Å². The first-order chi connectivity index (χ1) is 19.8. The van der Waals surface area contributed by atoms with Crippen LogP contribution in [-0.4, -0.2) is 71.9 Å². The molecule has 2 saturated heterocycles. The van der Waals surface area contributed by atoms with Gasteiger partial charge in [-0.1, -0.05) is 42.8 Å². The van der Waals surface area contributed by atoms with Crippen LogP contribution in [0, 0.1) is 12.7 Å². The molecule has 41 heavy (non-hydrogen) atoms. The standard InChI is InChI=1S/C32H39ClFN5O2/c1-4-14-38(3)15-7-16-41-32-36-30-27(31(37-32)39-19-23-10-11-24(20-39)35-23)18-28(33)26(29(30)34)13-12-25(40)17-22-9-6-5-8-21(22)2/h5-6,8-9,12-13,17-18,23-24,35,40H,4,7,10-11,14-16,19-20H2,1-3H3/b13-12+,25-17+. The van der Waals surface area contributed by atoms with Gasteiger partial charge in [-0.3, -0.25) is 0 Å². The summed E-state index contributed by atoms with van der Waals surface area (Å²) in [5.74, 6) is 0.0680. The fourth-order valence-electron chi connectivity index (χ4n) is 5.72. The number of halogens is 2. The number of aliphatic hydroxyl groups is 1. The Morgan fingerprint density at radius 1 is 1.22 bits per heavy atom. The highest BCUT2D eigenvalue weighted by Crippen LogP contribution is 2.36. The lowest BCUT2D eigenvalue weighted by Gasteiger charge is -2.34. The fraction of sp³-hybridized carbons (Fsp3) is 0.438. The Labute approximate surface area is 246 Å². The molecule has 2 N–H and O–H groups in total. The van der Waals surface area contributed by atoms with Crippen molar-refractivity contribution < 1.29 is 14.2 Å². The minimum Gasteiger partial charge on any atom is -0.508 e. The predicted molar refractivity (Wildman–Crippen MR) is 165 cm³/mol. The summed E-state index contributed by atoms with van der Waals surface area (Å²) in [5.41, 5.74) is 2.22. The van der Waals surface area contributed by atoms with E-state index in [9.17, 15) is 5.11 Å². The summed E-state index contributed by atoms with van der Waals surface area (Å²) in [4.78, 5) is 13.7. The summed E-state index contributed by atoms with van der Waals surface area (Å²) in [7, 11) is 2.09. The Hall–Kier alpha value is -3.20. The summed E-state index contributed by atoms with van der Waals surface area (Å²) >= 11 is 6.64. The van der Waals surface area contributed by atoms with Crippen molar-refractivity contribution in [3.63, 3.8) is 0 Å². The first-order valence-corrected chi connectivity index (χ1v) is 14.9. The van der Waals surface area contributed by atoms with Crippen molar-refractivity contribution in [1.82, 2.24) is 20.2 Å². The zero-order valence-electron chi connectivity index (χ0n) is 24.0. The molecular weight excluding hydrogens is 541 g/mol. The van der Waals surface area contributed by atoms with E-state index in [0.29, 0.717) is 29.9 Å². The molecule has 1 aromatic heterocycles. The molecule has 2 atom stereocenters. The van der Waals surface area contributed by atoms with Gasteiger partial charge in [-0.2, -0.15) is 9.97 Å². The molecule has 0 spiro atoms. The van der Waals surface area contributed by atoms with E-state index in [1.54, 1.807) is 12.1 Å². The summed E-state index contributed by atoms with van der Waals surface area (Å²) < 4.78 is 22.1. The van der Waals surface area contributed by atoms with E-state index in [4.69, 9.17) is 21.3 Å². The van der Waals surface area contributed by atoms with Crippen molar-refractivity contribution >= 4 is 40.5 Å². The molecule has 0 amide bonds. The third kappa shape index (κ3) is 7.00. The number of benzene rings is 2. The average molecular weight is 580 g/mol. The smallest absolute Gasteiger partial charge is 0.319 e. The quantitative estimate of drug-likeness (QED) is 0.155. The van der Waals surface area contributed by atoms with Gasteiger partial charge in [0, 0.05) is 42.7 Å². The monoisotopic (exact) mass is 579 g/mol. The number of fused-ring (bicyclic) bond motifs is 3. The van der Waals surface area contributed by atoms with Crippen LogP contribution in [0.4, 0.5) is 10.2 Å². The molecule has 7 nitrogen and oxygen atoms in total. The molecule has 0 radical (unpaired) electrons. The Morgan fingerprint density at radius 2 is 1.98 bits per heavy atom. The predicted octanol–water partition coefficient (Wildman–Crippen LogP) is 6.39. The van der Waals surface area contributed by atoms with Crippen molar-refractivity contribution in [3.05, 3.63) is 69.7 Å². The van der Waals surface area contributed by atoms with E-state index in [-0.39, 0.29) is 27.9 Å². The number of piperazine rings is 1. The van der Waals surface area contributed by atoms with Crippen LogP contribution >= 0.6 is 11.6 Å². The van der Waals surface area contributed by atoms with Gasteiger partial charge in [0.25, 0.3) is 0 Å². The van der Waals surface area contributed by atoms with Gasteiger partial charge in [-0.05, 0) is 81.6 Å². The van der Waals surface area contributed by atoms with E-state index in [1.807, 2.05) is 31.2 Å². The van der Waals surface area contributed by atoms with Crippen molar-refractivity contribution in [2.45, 2.75) is 51.6 Å². The number of allylic oxidation sites excluding steroid dienone is 1. The molecular formula is C32H39ClFN5O2. The van der Waals surface area contributed by atoms with Crippen molar-refractivity contribution in [1.29, 1.82) is 0 Å². The topological polar surface area (TPSA) is 73.8 Å². The van der Waals surface area contributed by atoms with Gasteiger partial charge in [0.15, 0.2) is 5.82 Å². The molecule has 3 aromatic rings. The molecule has 5 rings (SSSR count). The summed E-state index contributed by atoms with van der Waals surface area (Å²) in [5, 5.41) is 15.0. The SMILES string of the molecule is CCCN(C)CCCOc1nc(N2CC3CCC(C2)N3)c2cc(Cl)c(/C=C/C(O)=C\c3ccccc3C)c(F)c2n1. The van der Waals surface area contributed by atoms with Gasteiger partial charge in [-0.25, -0.2) is 4.39 Å². The number of rotatable bonds is 11. The van der Waals surface area contributed by atoms with Gasteiger partial charge in [0.1, 0.15) is 17.1 Å². The Bertz CT molecular complexity index is 1430. The molecule has 218 valence electrons. The van der Waals surface area contributed by atoms with Crippen molar-refractivity contribution in [2.24, 2.45) is 0 Å². The maximum atomic E-state index is 16.1. The number of aromatic nitrogens is 2. The summed E-state index contributed by atoms with van der Waals surface area (Å²) in [6.07, 6.45) is 8.71. The highest BCUT2D eigenvalue weighted by Gasteiger charge is 2.34. The molecule has 2 bridgehead atoms. The van der Waals surface area contributed by atoms with E-state index < -0.39 is 5.82 Å². The zero-order chi connectivity index (χ0) is 28.9. The van der Waals surface area contributed by atoms with E-state index in [0.717, 1.165) is 63.0 Å². The lowest BCUT2D eigenvalue weighted by Crippen LogP contribution is -2.51. The van der Waals surface area contributed by atoms with Crippen LogP contribution in [0.3, 0.4) is 0 Å². The van der Waals surface area contributed by atoms with Crippen LogP contribution < -0.4 is 15.0 Å². The molecule has 2 unspecified atom stereocenters. The summed E-state index contributed by atoms with van der Waals surface area (Å²) in [6, 6.07) is 10.4. The Morgan fingerprint density at radius 3 is 2.71 bits per heavy atom. The molecule has 0 saturated carbocycles. The highest BCUT2D eigenvalue weighted by atomic mass is 35.5. The lowest BCUT2D eigenvalue weighted by molar-refractivity contribution is 0.250. The van der Waals surface area contributed by atoms with Crippen LogP contribution in [-0.2, 0) is 0 Å². The second-order valence-electron chi connectivity index (χ2n) is 11.1. The van der Waals surface area contributed by atoms with E-state index in [1.165, 1.54) is 12.2 Å². The maximum absolute atomic E-state index is 16.1. The zero-order valence-corrected chi connectivity index (χ0v) is 24.8. The second-order valence-corrected chi connectivity index (χ2v) is 11.5.